The van der Waals surface area contributed by atoms with Crippen LogP contribution in [0.15, 0.2) is 18.2 Å². The third-order valence-electron chi connectivity index (χ3n) is 3.30. The van der Waals surface area contributed by atoms with Crippen LogP contribution in [-0.4, -0.2) is 24.9 Å². The van der Waals surface area contributed by atoms with Crippen molar-refractivity contribution in [2.75, 3.05) is 13.7 Å². The molecule has 0 saturated carbocycles. The Morgan fingerprint density at radius 1 is 1.35 bits per heavy atom. The molecule has 2 atom stereocenters. The second-order valence-electron chi connectivity index (χ2n) is 4.82. The van der Waals surface area contributed by atoms with Crippen molar-refractivity contribution in [2.45, 2.75) is 32.5 Å². The molecule has 94 valence electrons. The van der Waals surface area contributed by atoms with Crippen LogP contribution in [0, 0.1) is 5.92 Å². The summed E-state index contributed by atoms with van der Waals surface area (Å²) in [4.78, 5) is 0. The van der Waals surface area contributed by atoms with Gasteiger partial charge in [0.1, 0.15) is 11.9 Å². The molecule has 0 fully saturated rings. The molecule has 0 aromatic heterocycles. The average Bonchev–Trinajstić information content (AvgIpc) is 2.76. The molecule has 0 amide bonds. The van der Waals surface area contributed by atoms with Crippen LogP contribution in [0.3, 0.4) is 0 Å². The molecular weight excluding hydrogens is 216 g/mol. The number of para-hydroxylation sites is 1. The molecule has 0 aliphatic carbocycles. The van der Waals surface area contributed by atoms with Crippen molar-refractivity contribution in [1.82, 2.24) is 0 Å². The van der Waals surface area contributed by atoms with Crippen LogP contribution in [-0.2, 0) is 11.2 Å². The van der Waals surface area contributed by atoms with E-state index in [4.69, 9.17) is 9.47 Å². The van der Waals surface area contributed by atoms with E-state index in [0.717, 1.165) is 17.7 Å². The minimum atomic E-state index is -0.631. The number of aliphatic hydroxyl groups is 1. The standard InChI is InChI=1S/C14H20O3/c1-9(2)13(16-3)12(15)11-6-4-5-10-7-8-17-14(10)11/h4-6,9,12-13,15H,7-8H2,1-3H3. The van der Waals surface area contributed by atoms with Crippen molar-refractivity contribution < 1.29 is 14.6 Å². The second-order valence-corrected chi connectivity index (χ2v) is 4.82. The Kier molecular flexibility index (Phi) is 3.69. The van der Waals surface area contributed by atoms with Crippen molar-refractivity contribution >= 4 is 0 Å². The molecule has 2 rings (SSSR count). The molecule has 1 aromatic rings. The van der Waals surface area contributed by atoms with Crippen molar-refractivity contribution in [3.8, 4) is 5.75 Å². The lowest BCUT2D eigenvalue weighted by atomic mass is 9.94. The second kappa shape index (κ2) is 5.07. The molecule has 17 heavy (non-hydrogen) atoms. The lowest BCUT2D eigenvalue weighted by Crippen LogP contribution is -2.26. The Balaban J connectivity index is 2.31. The number of ether oxygens (including phenoxy) is 2. The number of fused-ring (bicyclic) bond motifs is 1. The van der Waals surface area contributed by atoms with Crippen LogP contribution in [0.4, 0.5) is 0 Å². The molecule has 2 unspecified atom stereocenters. The smallest absolute Gasteiger partial charge is 0.128 e. The Hall–Kier alpha value is -1.06. The van der Waals surface area contributed by atoms with Gasteiger partial charge in [0, 0.05) is 19.1 Å². The Labute approximate surface area is 102 Å². The summed E-state index contributed by atoms with van der Waals surface area (Å²) in [5, 5.41) is 10.4. The van der Waals surface area contributed by atoms with Gasteiger partial charge in [0.25, 0.3) is 0 Å². The van der Waals surface area contributed by atoms with E-state index >= 15 is 0 Å². The summed E-state index contributed by atoms with van der Waals surface area (Å²) in [6, 6.07) is 5.94. The van der Waals surface area contributed by atoms with Crippen molar-refractivity contribution in [1.29, 1.82) is 0 Å². The van der Waals surface area contributed by atoms with Gasteiger partial charge in [0.05, 0.1) is 12.7 Å². The van der Waals surface area contributed by atoms with Gasteiger partial charge < -0.3 is 14.6 Å². The Morgan fingerprint density at radius 2 is 2.12 bits per heavy atom. The molecule has 3 nitrogen and oxygen atoms in total. The fourth-order valence-electron chi connectivity index (χ4n) is 2.42. The van der Waals surface area contributed by atoms with E-state index in [-0.39, 0.29) is 12.0 Å². The monoisotopic (exact) mass is 236 g/mol. The van der Waals surface area contributed by atoms with E-state index in [1.54, 1.807) is 7.11 Å². The number of hydrogen-bond donors (Lipinski definition) is 1. The first kappa shape index (κ1) is 12.4. The van der Waals surface area contributed by atoms with Crippen molar-refractivity contribution in [3.05, 3.63) is 29.3 Å². The summed E-state index contributed by atoms with van der Waals surface area (Å²) in [6.07, 6.45) is 0.0913. The molecule has 0 radical (unpaired) electrons. The van der Waals surface area contributed by atoms with Gasteiger partial charge in [-0.05, 0) is 11.5 Å². The summed E-state index contributed by atoms with van der Waals surface area (Å²) in [6.45, 7) is 4.79. The lowest BCUT2D eigenvalue weighted by Gasteiger charge is -2.26. The third kappa shape index (κ3) is 2.31. The molecular formula is C14H20O3. The minimum Gasteiger partial charge on any atom is -0.493 e. The normalized spacial score (nSPS) is 17.7. The third-order valence-corrected chi connectivity index (χ3v) is 3.30. The molecule has 1 aliphatic rings. The molecule has 1 aromatic carbocycles. The molecule has 1 N–H and O–H groups in total. The van der Waals surface area contributed by atoms with E-state index < -0.39 is 6.10 Å². The zero-order chi connectivity index (χ0) is 12.4. The molecule has 3 heteroatoms. The van der Waals surface area contributed by atoms with Gasteiger partial charge in [-0.15, -0.1) is 0 Å². The first-order valence-corrected chi connectivity index (χ1v) is 6.10. The van der Waals surface area contributed by atoms with Crippen LogP contribution in [0.2, 0.25) is 0 Å². The molecule has 0 saturated heterocycles. The van der Waals surface area contributed by atoms with Crippen LogP contribution in [0.5, 0.6) is 5.75 Å². The predicted molar refractivity (Wildman–Crippen MR) is 66.2 cm³/mol. The maximum absolute atomic E-state index is 10.4. The van der Waals surface area contributed by atoms with Crippen LogP contribution < -0.4 is 4.74 Å². The average molecular weight is 236 g/mol. The van der Waals surface area contributed by atoms with Crippen molar-refractivity contribution in [3.63, 3.8) is 0 Å². The molecule has 0 bridgehead atoms. The van der Waals surface area contributed by atoms with E-state index in [2.05, 4.69) is 6.07 Å². The Bertz CT molecular complexity index is 387. The van der Waals surface area contributed by atoms with Crippen LogP contribution in [0.25, 0.3) is 0 Å². The maximum Gasteiger partial charge on any atom is 0.128 e. The number of aliphatic hydroxyl groups excluding tert-OH is 1. The summed E-state index contributed by atoms with van der Waals surface area (Å²) < 4.78 is 11.0. The van der Waals surface area contributed by atoms with Gasteiger partial charge in [0.15, 0.2) is 0 Å². The van der Waals surface area contributed by atoms with Crippen molar-refractivity contribution in [2.24, 2.45) is 5.92 Å². The summed E-state index contributed by atoms with van der Waals surface area (Å²) in [5.41, 5.74) is 2.03. The van der Waals surface area contributed by atoms with Gasteiger partial charge in [-0.1, -0.05) is 32.0 Å². The highest BCUT2D eigenvalue weighted by Crippen LogP contribution is 2.36. The highest BCUT2D eigenvalue weighted by Gasteiger charge is 2.28. The van der Waals surface area contributed by atoms with Crippen LogP contribution >= 0.6 is 0 Å². The van der Waals surface area contributed by atoms with Gasteiger partial charge in [-0.3, -0.25) is 0 Å². The van der Waals surface area contributed by atoms with Gasteiger partial charge >= 0.3 is 0 Å². The Morgan fingerprint density at radius 3 is 2.76 bits per heavy atom. The number of methoxy groups -OCH3 is 1. The fourth-order valence-corrected chi connectivity index (χ4v) is 2.42. The minimum absolute atomic E-state index is 0.203. The van der Waals surface area contributed by atoms with E-state index in [0.29, 0.717) is 6.61 Å². The van der Waals surface area contributed by atoms with Gasteiger partial charge in [0.2, 0.25) is 0 Å². The molecule has 1 heterocycles. The van der Waals surface area contributed by atoms with E-state index in [1.165, 1.54) is 5.56 Å². The van der Waals surface area contributed by atoms with Gasteiger partial charge in [-0.2, -0.15) is 0 Å². The maximum atomic E-state index is 10.4. The highest BCUT2D eigenvalue weighted by molar-refractivity contribution is 5.45. The first-order valence-electron chi connectivity index (χ1n) is 6.10. The quantitative estimate of drug-likeness (QED) is 0.872. The number of benzene rings is 1. The SMILES string of the molecule is COC(C(C)C)C(O)c1cccc2c1OCC2. The summed E-state index contributed by atoms with van der Waals surface area (Å²) in [5.74, 6) is 1.11. The summed E-state index contributed by atoms with van der Waals surface area (Å²) in [7, 11) is 1.64. The van der Waals surface area contributed by atoms with E-state index in [1.807, 2.05) is 26.0 Å². The highest BCUT2D eigenvalue weighted by atomic mass is 16.5. The van der Waals surface area contributed by atoms with E-state index in [9.17, 15) is 5.11 Å². The fraction of sp³-hybridized carbons (Fsp3) is 0.571. The zero-order valence-electron chi connectivity index (χ0n) is 10.6. The molecule has 1 aliphatic heterocycles. The topological polar surface area (TPSA) is 38.7 Å². The lowest BCUT2D eigenvalue weighted by molar-refractivity contribution is -0.0399. The predicted octanol–water partition coefficient (Wildman–Crippen LogP) is 2.33. The van der Waals surface area contributed by atoms with Gasteiger partial charge in [-0.25, -0.2) is 0 Å². The summed E-state index contributed by atoms with van der Waals surface area (Å²) >= 11 is 0. The number of rotatable bonds is 4. The molecule has 0 spiro atoms. The van der Waals surface area contributed by atoms with Crippen LogP contribution in [0.1, 0.15) is 31.1 Å². The first-order chi connectivity index (χ1) is 8.15. The largest absolute Gasteiger partial charge is 0.493 e. The zero-order valence-corrected chi connectivity index (χ0v) is 10.6. The number of hydrogen-bond acceptors (Lipinski definition) is 3.